The molecule has 1 rings (SSSR count). The Kier molecular flexibility index (Phi) is 4.73. The highest BCUT2D eigenvalue weighted by molar-refractivity contribution is 7.12. The monoisotopic (exact) mass is 230 g/mol. The van der Waals surface area contributed by atoms with Gasteiger partial charge < -0.3 is 14.9 Å². The highest BCUT2D eigenvalue weighted by Crippen LogP contribution is 2.29. The summed E-state index contributed by atoms with van der Waals surface area (Å²) >= 11 is 1.56. The summed E-state index contributed by atoms with van der Waals surface area (Å²) in [6.07, 6.45) is 2.13. The summed E-state index contributed by atoms with van der Waals surface area (Å²) in [4.78, 5) is 2.04. The molecule has 0 amide bonds. The Labute approximate surface area is 94.3 Å². The van der Waals surface area contributed by atoms with Gasteiger partial charge in [-0.1, -0.05) is 13.3 Å². The first-order valence-electron chi connectivity index (χ1n) is 5.16. The molecule has 3 nitrogen and oxygen atoms in total. The van der Waals surface area contributed by atoms with Crippen LogP contribution in [0.2, 0.25) is 0 Å². The van der Waals surface area contributed by atoms with Crippen LogP contribution in [0.5, 0.6) is 0 Å². The first-order chi connectivity index (χ1) is 7.10. The van der Waals surface area contributed by atoms with Crippen LogP contribution >= 0.6 is 11.3 Å². The molecule has 0 aliphatic heterocycles. The van der Waals surface area contributed by atoms with Gasteiger partial charge in [0.05, 0.1) is 18.1 Å². The van der Waals surface area contributed by atoms with E-state index in [4.69, 9.17) is 9.84 Å². The zero-order valence-electron chi connectivity index (χ0n) is 9.19. The van der Waals surface area contributed by atoms with E-state index in [1.165, 1.54) is 4.88 Å². The second-order valence-corrected chi connectivity index (χ2v) is 4.74. The maximum Gasteiger partial charge on any atom is 0.198 e. The van der Waals surface area contributed by atoms with Gasteiger partial charge in [0.1, 0.15) is 0 Å². The summed E-state index contributed by atoms with van der Waals surface area (Å²) in [7, 11) is 0. The third-order valence-electron chi connectivity index (χ3n) is 2.09. The van der Waals surface area contributed by atoms with Crippen molar-refractivity contribution in [3.8, 4) is 0 Å². The molecule has 0 spiro atoms. The molecule has 1 aromatic rings. The largest absolute Gasteiger partial charge is 0.394 e. The lowest BCUT2D eigenvalue weighted by atomic mass is 10.2. The summed E-state index contributed by atoms with van der Waals surface area (Å²) in [6, 6.07) is 3.90. The summed E-state index contributed by atoms with van der Waals surface area (Å²) < 4.78 is 5.17. The van der Waals surface area contributed by atoms with E-state index in [-0.39, 0.29) is 13.2 Å². The Hall–Kier alpha value is -0.420. The molecule has 0 bridgehead atoms. The maximum atomic E-state index is 9.98. The normalized spacial score (nSPS) is 15.2. The van der Waals surface area contributed by atoms with Crippen molar-refractivity contribution in [2.45, 2.75) is 32.5 Å². The van der Waals surface area contributed by atoms with Crippen molar-refractivity contribution in [1.82, 2.24) is 0 Å². The molecule has 0 saturated carbocycles. The fourth-order valence-electron chi connectivity index (χ4n) is 1.32. The molecule has 1 aromatic heterocycles. The van der Waals surface area contributed by atoms with Crippen molar-refractivity contribution in [1.29, 1.82) is 0 Å². The molecule has 0 aromatic carbocycles. The summed E-state index contributed by atoms with van der Waals surface area (Å²) in [6.45, 7) is 3.79. The highest BCUT2D eigenvalue weighted by atomic mass is 32.1. The minimum Gasteiger partial charge on any atom is -0.394 e. The van der Waals surface area contributed by atoms with Crippen LogP contribution in [-0.4, -0.2) is 23.4 Å². The molecule has 0 radical (unpaired) electrons. The average Bonchev–Trinajstić information content (AvgIpc) is 2.65. The number of hydrogen-bond acceptors (Lipinski definition) is 4. The van der Waals surface area contributed by atoms with Gasteiger partial charge in [0.15, 0.2) is 5.79 Å². The smallest absolute Gasteiger partial charge is 0.198 e. The van der Waals surface area contributed by atoms with Crippen LogP contribution in [0.25, 0.3) is 0 Å². The van der Waals surface area contributed by atoms with Crippen LogP contribution in [0.1, 0.15) is 30.0 Å². The standard InChI is InChI=1S/C11H18O3S/c1-3-4-9-5-6-10(15-9)11(2,13)14-8-7-12/h5-6,12-13H,3-4,7-8H2,1-2H3. The predicted octanol–water partition coefficient (Wildman–Crippen LogP) is 1.87. The minimum absolute atomic E-state index is 0.0800. The van der Waals surface area contributed by atoms with Gasteiger partial charge in [-0.25, -0.2) is 0 Å². The lowest BCUT2D eigenvalue weighted by Gasteiger charge is -2.21. The van der Waals surface area contributed by atoms with Crippen molar-refractivity contribution in [2.75, 3.05) is 13.2 Å². The van der Waals surface area contributed by atoms with E-state index in [0.717, 1.165) is 17.7 Å². The number of aryl methyl sites for hydroxylation is 1. The fraction of sp³-hybridized carbons (Fsp3) is 0.636. The topological polar surface area (TPSA) is 49.7 Å². The van der Waals surface area contributed by atoms with E-state index in [1.807, 2.05) is 12.1 Å². The first-order valence-corrected chi connectivity index (χ1v) is 5.98. The Morgan fingerprint density at radius 1 is 1.47 bits per heavy atom. The van der Waals surface area contributed by atoms with Gasteiger partial charge in [-0.05, 0) is 25.5 Å². The van der Waals surface area contributed by atoms with E-state index >= 15 is 0 Å². The minimum atomic E-state index is -1.28. The number of aliphatic hydroxyl groups is 2. The summed E-state index contributed by atoms with van der Waals surface area (Å²) in [5.41, 5.74) is 0. The molecule has 1 atom stereocenters. The summed E-state index contributed by atoms with van der Waals surface area (Å²) in [5.74, 6) is -1.28. The van der Waals surface area contributed by atoms with Crippen molar-refractivity contribution in [3.05, 3.63) is 21.9 Å². The molecule has 0 saturated heterocycles. The number of thiophene rings is 1. The summed E-state index contributed by atoms with van der Waals surface area (Å²) in [5, 5.41) is 18.6. The second kappa shape index (κ2) is 5.61. The molecule has 15 heavy (non-hydrogen) atoms. The van der Waals surface area contributed by atoms with Crippen LogP contribution in [0.15, 0.2) is 12.1 Å². The number of aliphatic hydroxyl groups excluding tert-OH is 1. The van der Waals surface area contributed by atoms with Crippen molar-refractivity contribution < 1.29 is 14.9 Å². The number of rotatable bonds is 6. The van der Waals surface area contributed by atoms with Gasteiger partial charge in [0, 0.05) is 4.88 Å². The predicted molar refractivity (Wildman–Crippen MR) is 60.9 cm³/mol. The van der Waals surface area contributed by atoms with Crippen LogP contribution in [0.4, 0.5) is 0 Å². The van der Waals surface area contributed by atoms with Gasteiger partial charge in [0.25, 0.3) is 0 Å². The molecule has 4 heteroatoms. The third-order valence-corrected chi connectivity index (χ3v) is 3.43. The van der Waals surface area contributed by atoms with Gasteiger partial charge in [-0.2, -0.15) is 0 Å². The Morgan fingerprint density at radius 2 is 2.20 bits per heavy atom. The molecule has 1 heterocycles. The van der Waals surface area contributed by atoms with E-state index in [2.05, 4.69) is 6.92 Å². The fourth-order valence-corrected chi connectivity index (χ4v) is 2.43. The Morgan fingerprint density at radius 3 is 2.80 bits per heavy atom. The van der Waals surface area contributed by atoms with Crippen molar-refractivity contribution >= 4 is 11.3 Å². The highest BCUT2D eigenvalue weighted by Gasteiger charge is 2.25. The quantitative estimate of drug-likeness (QED) is 0.734. The van der Waals surface area contributed by atoms with Gasteiger partial charge >= 0.3 is 0 Å². The molecule has 2 N–H and O–H groups in total. The SMILES string of the molecule is CCCc1ccc(C(C)(O)OCCO)s1. The first kappa shape index (κ1) is 12.6. The van der Waals surface area contributed by atoms with Crippen molar-refractivity contribution in [3.63, 3.8) is 0 Å². The molecule has 1 unspecified atom stereocenters. The average molecular weight is 230 g/mol. The number of hydrogen-bond donors (Lipinski definition) is 2. The zero-order valence-corrected chi connectivity index (χ0v) is 10.0. The second-order valence-electron chi connectivity index (χ2n) is 3.57. The van der Waals surface area contributed by atoms with Gasteiger partial charge in [-0.15, -0.1) is 11.3 Å². The lowest BCUT2D eigenvalue weighted by Crippen LogP contribution is -2.25. The van der Waals surface area contributed by atoms with E-state index < -0.39 is 5.79 Å². The lowest BCUT2D eigenvalue weighted by molar-refractivity contribution is -0.200. The van der Waals surface area contributed by atoms with E-state index in [1.54, 1.807) is 18.3 Å². The van der Waals surface area contributed by atoms with Crippen LogP contribution < -0.4 is 0 Å². The van der Waals surface area contributed by atoms with E-state index in [0.29, 0.717) is 0 Å². The van der Waals surface area contributed by atoms with Gasteiger partial charge in [0.2, 0.25) is 0 Å². The maximum absolute atomic E-state index is 9.98. The number of ether oxygens (including phenoxy) is 1. The molecular weight excluding hydrogens is 212 g/mol. The van der Waals surface area contributed by atoms with Crippen LogP contribution in [-0.2, 0) is 16.9 Å². The molecule has 86 valence electrons. The van der Waals surface area contributed by atoms with Crippen molar-refractivity contribution in [2.24, 2.45) is 0 Å². The molecular formula is C11H18O3S. The van der Waals surface area contributed by atoms with E-state index in [9.17, 15) is 5.11 Å². The van der Waals surface area contributed by atoms with Crippen LogP contribution in [0, 0.1) is 0 Å². The zero-order chi connectivity index (χ0) is 11.3. The molecule has 0 fully saturated rings. The van der Waals surface area contributed by atoms with Gasteiger partial charge in [-0.3, -0.25) is 0 Å². The van der Waals surface area contributed by atoms with Crippen LogP contribution in [0.3, 0.4) is 0 Å². The Bertz CT molecular complexity index is 294. The molecule has 0 aliphatic carbocycles. The Balaban J connectivity index is 2.67. The third kappa shape index (κ3) is 3.57. The molecule has 0 aliphatic rings.